The van der Waals surface area contributed by atoms with Crippen LogP contribution >= 0.6 is 0 Å². The van der Waals surface area contributed by atoms with Crippen molar-refractivity contribution in [2.75, 3.05) is 6.54 Å². The predicted octanol–water partition coefficient (Wildman–Crippen LogP) is -1.38. The lowest BCUT2D eigenvalue weighted by Crippen LogP contribution is -2.55. The quantitative estimate of drug-likeness (QED) is 0.141. The number of carbonyl (C=O) groups excluding carboxylic acids is 3. The second-order valence-corrected chi connectivity index (χ2v) is 7.26. The van der Waals surface area contributed by atoms with Crippen LogP contribution in [0.3, 0.4) is 0 Å². The van der Waals surface area contributed by atoms with E-state index in [4.69, 9.17) is 11.5 Å². The largest absolute Gasteiger partial charge is 0.480 e. The molecule has 1 aliphatic rings. The number of nitrogens with zero attached hydrogens (tertiary/aromatic N) is 1. The van der Waals surface area contributed by atoms with Crippen molar-refractivity contribution in [3.05, 3.63) is 35.9 Å². The van der Waals surface area contributed by atoms with Crippen LogP contribution in [-0.2, 0) is 25.6 Å². The summed E-state index contributed by atoms with van der Waals surface area (Å²) in [6.07, 6.45) is 1.22. The van der Waals surface area contributed by atoms with Crippen LogP contribution in [0.1, 0.15) is 31.2 Å². The van der Waals surface area contributed by atoms with E-state index < -0.39 is 35.9 Å². The van der Waals surface area contributed by atoms with Crippen LogP contribution in [0.4, 0.5) is 0 Å². The molecule has 1 saturated heterocycles. The molecule has 1 aromatic rings. The number of amides is 3. The molecule has 0 spiro atoms. The lowest BCUT2D eigenvalue weighted by Gasteiger charge is -2.23. The zero-order valence-corrected chi connectivity index (χ0v) is 17.0. The summed E-state index contributed by atoms with van der Waals surface area (Å²) in [4.78, 5) is 52.2. The highest BCUT2D eigenvalue weighted by Crippen LogP contribution is 2.09. The van der Waals surface area contributed by atoms with E-state index in [1.54, 1.807) is 24.3 Å². The first-order chi connectivity index (χ1) is 14.8. The van der Waals surface area contributed by atoms with Gasteiger partial charge in [-0.25, -0.2) is 4.79 Å². The zero-order valence-electron chi connectivity index (χ0n) is 17.0. The highest BCUT2D eigenvalue weighted by atomic mass is 16.4. The van der Waals surface area contributed by atoms with E-state index in [-0.39, 0.29) is 37.7 Å². The molecule has 0 aromatic heterocycles. The van der Waals surface area contributed by atoms with Crippen molar-refractivity contribution in [3.63, 3.8) is 0 Å². The Bertz CT molecular complexity index is 825. The van der Waals surface area contributed by atoms with Gasteiger partial charge in [-0.1, -0.05) is 30.3 Å². The monoisotopic (exact) mass is 432 g/mol. The van der Waals surface area contributed by atoms with Gasteiger partial charge in [-0.2, -0.15) is 0 Å². The predicted molar refractivity (Wildman–Crippen MR) is 113 cm³/mol. The molecule has 2 rings (SSSR count). The molecule has 3 amide bonds. The van der Waals surface area contributed by atoms with Crippen molar-refractivity contribution in [2.24, 2.45) is 16.5 Å². The summed E-state index contributed by atoms with van der Waals surface area (Å²) in [5, 5.41) is 17.2. The number of rotatable bonds is 11. The molecular formula is C20H28N6O5. The van der Waals surface area contributed by atoms with Crippen LogP contribution in [0.25, 0.3) is 0 Å². The molecule has 31 heavy (non-hydrogen) atoms. The van der Waals surface area contributed by atoms with E-state index in [2.05, 4.69) is 20.9 Å². The molecule has 0 radical (unpaired) electrons. The number of nitrogens with two attached hydrogens (primary N) is 2. The van der Waals surface area contributed by atoms with Crippen molar-refractivity contribution in [1.82, 2.24) is 16.0 Å². The SMILES string of the molecule is NC(N)=NCCC[C@H](NC(=O)[C@@H]1CCC(=O)N1)C(=O)N[C@@H](Cc1ccccc1)C(=O)O. The Morgan fingerprint density at radius 1 is 1.16 bits per heavy atom. The second kappa shape index (κ2) is 11.5. The maximum Gasteiger partial charge on any atom is 0.326 e. The van der Waals surface area contributed by atoms with E-state index in [9.17, 15) is 24.3 Å². The molecule has 0 aliphatic carbocycles. The summed E-state index contributed by atoms with van der Waals surface area (Å²) < 4.78 is 0. The van der Waals surface area contributed by atoms with E-state index in [0.717, 1.165) is 5.56 Å². The maximum absolute atomic E-state index is 12.8. The number of carboxylic acid groups (broad SMARTS) is 1. The summed E-state index contributed by atoms with van der Waals surface area (Å²) in [7, 11) is 0. The smallest absolute Gasteiger partial charge is 0.326 e. The number of aliphatic imine (C=N–C) groups is 1. The fourth-order valence-electron chi connectivity index (χ4n) is 3.18. The maximum atomic E-state index is 12.8. The van der Waals surface area contributed by atoms with Crippen molar-refractivity contribution < 1.29 is 24.3 Å². The zero-order chi connectivity index (χ0) is 22.8. The number of aliphatic carboxylic acids is 1. The minimum absolute atomic E-state index is 0.0903. The molecular weight excluding hydrogens is 404 g/mol. The summed E-state index contributed by atoms with van der Waals surface area (Å²) >= 11 is 0. The van der Waals surface area contributed by atoms with Gasteiger partial charge in [-0.3, -0.25) is 19.4 Å². The third-order valence-corrected chi connectivity index (χ3v) is 4.79. The minimum atomic E-state index is -1.19. The minimum Gasteiger partial charge on any atom is -0.480 e. The van der Waals surface area contributed by atoms with Gasteiger partial charge >= 0.3 is 5.97 Å². The molecule has 1 aromatic carbocycles. The Morgan fingerprint density at radius 3 is 2.45 bits per heavy atom. The van der Waals surface area contributed by atoms with Gasteiger partial charge in [0.05, 0.1) is 0 Å². The first kappa shape index (κ1) is 23.6. The highest BCUT2D eigenvalue weighted by Gasteiger charge is 2.31. The number of carbonyl (C=O) groups is 4. The Labute approximate surface area is 179 Å². The van der Waals surface area contributed by atoms with Gasteiger partial charge in [0.1, 0.15) is 18.1 Å². The number of benzene rings is 1. The van der Waals surface area contributed by atoms with Crippen molar-refractivity contribution in [1.29, 1.82) is 0 Å². The topological polar surface area (TPSA) is 189 Å². The highest BCUT2D eigenvalue weighted by molar-refractivity contribution is 5.94. The number of guanidine groups is 1. The molecule has 8 N–H and O–H groups in total. The van der Waals surface area contributed by atoms with Crippen molar-refractivity contribution in [2.45, 2.75) is 50.2 Å². The Hall–Kier alpha value is -3.63. The lowest BCUT2D eigenvalue weighted by atomic mass is 10.0. The molecule has 3 atom stereocenters. The fraction of sp³-hybridized carbons (Fsp3) is 0.450. The Kier molecular flexibility index (Phi) is 8.79. The van der Waals surface area contributed by atoms with Gasteiger partial charge in [-0.05, 0) is 24.8 Å². The van der Waals surface area contributed by atoms with E-state index in [1.807, 2.05) is 6.07 Å². The van der Waals surface area contributed by atoms with Crippen LogP contribution in [0.5, 0.6) is 0 Å². The fourth-order valence-corrected chi connectivity index (χ4v) is 3.18. The molecule has 168 valence electrons. The van der Waals surface area contributed by atoms with Crippen LogP contribution in [0.2, 0.25) is 0 Å². The summed E-state index contributed by atoms with van der Waals surface area (Å²) in [5.74, 6) is -2.64. The third-order valence-electron chi connectivity index (χ3n) is 4.79. The van der Waals surface area contributed by atoms with Gasteiger partial charge in [0, 0.05) is 19.4 Å². The molecule has 11 heteroatoms. The molecule has 11 nitrogen and oxygen atoms in total. The van der Waals surface area contributed by atoms with Crippen molar-refractivity contribution in [3.8, 4) is 0 Å². The molecule has 0 unspecified atom stereocenters. The molecule has 1 fully saturated rings. The third kappa shape index (κ3) is 7.96. The Balaban J connectivity index is 2.05. The number of nitrogens with one attached hydrogen (secondary N) is 3. The molecule has 0 bridgehead atoms. The number of hydrogen-bond acceptors (Lipinski definition) is 5. The van der Waals surface area contributed by atoms with Gasteiger partial charge in [0.25, 0.3) is 0 Å². The van der Waals surface area contributed by atoms with Crippen molar-refractivity contribution >= 4 is 29.7 Å². The molecule has 0 saturated carbocycles. The molecule has 1 aliphatic heterocycles. The average Bonchev–Trinajstić information content (AvgIpc) is 3.16. The molecule has 1 heterocycles. The lowest BCUT2D eigenvalue weighted by molar-refractivity contribution is -0.142. The second-order valence-electron chi connectivity index (χ2n) is 7.26. The van der Waals surface area contributed by atoms with Crippen LogP contribution in [0, 0.1) is 0 Å². The van der Waals surface area contributed by atoms with E-state index >= 15 is 0 Å². The normalized spacial score (nSPS) is 17.2. The van der Waals surface area contributed by atoms with Crippen LogP contribution < -0.4 is 27.4 Å². The number of hydrogen-bond donors (Lipinski definition) is 6. The first-order valence-corrected chi connectivity index (χ1v) is 9.98. The summed E-state index contributed by atoms with van der Waals surface area (Å²) in [6.45, 7) is 0.245. The summed E-state index contributed by atoms with van der Waals surface area (Å²) in [6, 6.07) is 5.99. The van der Waals surface area contributed by atoms with E-state index in [0.29, 0.717) is 12.8 Å². The number of carboxylic acids is 1. The van der Waals surface area contributed by atoms with Gasteiger partial charge in [0.2, 0.25) is 17.7 Å². The van der Waals surface area contributed by atoms with Crippen LogP contribution in [-0.4, -0.2) is 59.4 Å². The van der Waals surface area contributed by atoms with E-state index in [1.165, 1.54) is 0 Å². The Morgan fingerprint density at radius 2 is 1.87 bits per heavy atom. The van der Waals surface area contributed by atoms with Gasteiger partial charge < -0.3 is 32.5 Å². The summed E-state index contributed by atoms with van der Waals surface area (Å²) in [5.41, 5.74) is 11.3. The first-order valence-electron chi connectivity index (χ1n) is 9.98. The van der Waals surface area contributed by atoms with Gasteiger partial charge in [0.15, 0.2) is 5.96 Å². The van der Waals surface area contributed by atoms with Crippen LogP contribution in [0.15, 0.2) is 35.3 Å². The standard InChI is InChI=1S/C20H28N6O5/c21-20(22)23-10-4-7-13(25-18(29)14-8-9-16(27)24-14)17(28)26-15(19(30)31)11-12-5-2-1-3-6-12/h1-3,5-6,13-15H,4,7-11H2,(H,24,27)(H,25,29)(H,26,28)(H,30,31)(H4,21,22,23)/t13-,14-,15-/m0/s1. The van der Waals surface area contributed by atoms with Gasteiger partial charge in [-0.15, -0.1) is 0 Å². The average molecular weight is 432 g/mol.